The molecule has 0 heterocycles. The van der Waals surface area contributed by atoms with Crippen molar-refractivity contribution >= 4 is 29.4 Å². The normalized spacial score (nSPS) is 10.8. The Morgan fingerprint density at radius 2 is 1.87 bits per heavy atom. The van der Waals surface area contributed by atoms with Gasteiger partial charge in [-0.2, -0.15) is 0 Å². The zero-order valence-electron chi connectivity index (χ0n) is 13.4. The maximum Gasteiger partial charge on any atom is 0.407 e. The third-order valence-corrected chi connectivity index (χ3v) is 2.85. The number of nitrogens with one attached hydrogen (secondary N) is 2. The minimum absolute atomic E-state index is 0.0576. The number of alkyl carbamates (subject to hydrolysis) is 1. The van der Waals surface area contributed by atoms with Crippen molar-refractivity contribution in [1.82, 2.24) is 10.6 Å². The van der Waals surface area contributed by atoms with E-state index in [1.807, 2.05) is 0 Å². The molecule has 0 radical (unpaired) electrons. The molecule has 0 aliphatic heterocycles. The smallest absolute Gasteiger partial charge is 0.407 e. The van der Waals surface area contributed by atoms with Crippen LogP contribution in [0.5, 0.6) is 0 Å². The lowest BCUT2D eigenvalue weighted by Gasteiger charge is -2.19. The van der Waals surface area contributed by atoms with Gasteiger partial charge in [0.1, 0.15) is 5.60 Å². The molecule has 6 nitrogen and oxygen atoms in total. The molecule has 0 aliphatic rings. The van der Waals surface area contributed by atoms with E-state index in [0.717, 1.165) is 0 Å². The molecule has 1 rings (SSSR count). The number of carbonyl (C=O) groups is 3. The van der Waals surface area contributed by atoms with Crippen LogP contribution in [0.25, 0.3) is 0 Å². The molecule has 0 atom stereocenters. The van der Waals surface area contributed by atoms with Gasteiger partial charge in [0.15, 0.2) is 5.78 Å². The summed E-state index contributed by atoms with van der Waals surface area (Å²) >= 11 is 5.80. The number of hydrogen-bond donors (Lipinski definition) is 2. The Labute approximate surface area is 140 Å². The van der Waals surface area contributed by atoms with Crippen LogP contribution in [0.4, 0.5) is 4.79 Å². The summed E-state index contributed by atoms with van der Waals surface area (Å²) in [5, 5.41) is 5.43. The van der Waals surface area contributed by atoms with E-state index >= 15 is 0 Å². The molecular formula is C16H21ClN2O4. The number of benzene rings is 1. The van der Waals surface area contributed by atoms with Gasteiger partial charge in [-0.15, -0.1) is 0 Å². The fourth-order valence-electron chi connectivity index (χ4n) is 1.62. The highest BCUT2D eigenvalue weighted by Gasteiger charge is 2.16. The van der Waals surface area contributed by atoms with Gasteiger partial charge in [0.25, 0.3) is 0 Å². The largest absolute Gasteiger partial charge is 0.444 e. The Balaban J connectivity index is 2.27. The molecular weight excluding hydrogens is 320 g/mol. The summed E-state index contributed by atoms with van der Waals surface area (Å²) in [7, 11) is 0. The first kappa shape index (κ1) is 19.0. The van der Waals surface area contributed by atoms with Gasteiger partial charge in [0.05, 0.1) is 6.54 Å². The number of hydrogen-bond acceptors (Lipinski definition) is 4. The first-order valence-corrected chi connectivity index (χ1v) is 7.57. The Hall–Kier alpha value is -2.08. The monoisotopic (exact) mass is 340 g/mol. The van der Waals surface area contributed by atoms with Gasteiger partial charge < -0.3 is 15.4 Å². The number of ketones is 1. The van der Waals surface area contributed by atoms with Crippen LogP contribution >= 0.6 is 11.6 Å². The molecule has 0 saturated heterocycles. The molecule has 0 unspecified atom stereocenters. The molecule has 126 valence electrons. The van der Waals surface area contributed by atoms with Gasteiger partial charge in [0, 0.05) is 23.6 Å². The highest BCUT2D eigenvalue weighted by molar-refractivity contribution is 6.31. The Morgan fingerprint density at radius 3 is 2.48 bits per heavy atom. The van der Waals surface area contributed by atoms with Crippen molar-refractivity contribution < 1.29 is 19.1 Å². The number of halogens is 1. The van der Waals surface area contributed by atoms with E-state index < -0.39 is 11.7 Å². The van der Waals surface area contributed by atoms with Crippen molar-refractivity contribution in [3.05, 3.63) is 34.9 Å². The zero-order valence-corrected chi connectivity index (χ0v) is 14.2. The molecule has 2 N–H and O–H groups in total. The van der Waals surface area contributed by atoms with Crippen LogP contribution in [0.1, 0.15) is 37.6 Å². The van der Waals surface area contributed by atoms with Crippen LogP contribution in [-0.2, 0) is 9.53 Å². The molecule has 0 bridgehead atoms. The number of Topliss-reactive ketones (excluding diaryl/α,β-unsaturated/α-hetero) is 1. The van der Waals surface area contributed by atoms with Gasteiger partial charge >= 0.3 is 6.09 Å². The zero-order chi connectivity index (χ0) is 17.5. The molecule has 2 amide bonds. The van der Waals surface area contributed by atoms with Gasteiger partial charge in [-0.25, -0.2) is 4.79 Å². The minimum atomic E-state index is -0.588. The first-order chi connectivity index (χ1) is 10.7. The lowest BCUT2D eigenvalue weighted by molar-refractivity contribution is -0.120. The van der Waals surface area contributed by atoms with Crippen LogP contribution in [0.2, 0.25) is 5.02 Å². The molecule has 1 aromatic rings. The van der Waals surface area contributed by atoms with E-state index in [2.05, 4.69) is 10.6 Å². The lowest BCUT2D eigenvalue weighted by Crippen LogP contribution is -2.36. The summed E-state index contributed by atoms with van der Waals surface area (Å²) in [6, 6.07) is 6.51. The van der Waals surface area contributed by atoms with E-state index in [1.54, 1.807) is 45.0 Å². The van der Waals surface area contributed by atoms with E-state index in [4.69, 9.17) is 16.3 Å². The standard InChI is InChI=1S/C16H21ClN2O4/c1-16(2,3)23-15(22)18-8-7-14(21)19-10-13(20)11-5-4-6-12(17)9-11/h4-6,9H,7-8,10H2,1-3H3,(H,18,22)(H,19,21). The Kier molecular flexibility index (Phi) is 7.03. The quantitative estimate of drug-likeness (QED) is 0.779. The summed E-state index contributed by atoms with van der Waals surface area (Å²) in [5.41, 5.74) is -0.153. The second-order valence-corrected chi connectivity index (χ2v) is 6.33. The van der Waals surface area contributed by atoms with Crippen molar-refractivity contribution in [2.75, 3.05) is 13.1 Å². The average molecular weight is 341 g/mol. The molecule has 7 heteroatoms. The Bertz CT molecular complexity index is 582. The van der Waals surface area contributed by atoms with Crippen LogP contribution in [0.15, 0.2) is 24.3 Å². The SMILES string of the molecule is CC(C)(C)OC(=O)NCCC(=O)NCC(=O)c1cccc(Cl)c1. The summed E-state index contributed by atoms with van der Waals surface area (Å²) in [6.07, 6.45) is -0.525. The maximum atomic E-state index is 11.9. The fraction of sp³-hybridized carbons (Fsp3) is 0.438. The highest BCUT2D eigenvalue weighted by Crippen LogP contribution is 2.10. The Morgan fingerprint density at radius 1 is 1.17 bits per heavy atom. The van der Waals surface area contributed by atoms with Crippen molar-refractivity contribution in [1.29, 1.82) is 0 Å². The summed E-state index contributed by atoms with van der Waals surface area (Å²) in [5.74, 6) is -0.572. The predicted octanol–water partition coefficient (Wildman–Crippen LogP) is 2.55. The molecule has 0 aliphatic carbocycles. The van der Waals surface area contributed by atoms with E-state index in [0.29, 0.717) is 10.6 Å². The summed E-state index contributed by atoms with van der Waals surface area (Å²) in [6.45, 7) is 5.26. The third-order valence-electron chi connectivity index (χ3n) is 2.61. The molecule has 1 aromatic carbocycles. The van der Waals surface area contributed by atoms with E-state index in [-0.39, 0.29) is 31.2 Å². The topological polar surface area (TPSA) is 84.5 Å². The van der Waals surface area contributed by atoms with E-state index in [1.165, 1.54) is 0 Å². The molecule has 0 saturated carbocycles. The van der Waals surface area contributed by atoms with Crippen LogP contribution in [0.3, 0.4) is 0 Å². The van der Waals surface area contributed by atoms with Gasteiger partial charge in [0.2, 0.25) is 5.91 Å². The van der Waals surface area contributed by atoms with Gasteiger partial charge in [-0.05, 0) is 32.9 Å². The number of amides is 2. The maximum absolute atomic E-state index is 11.9. The van der Waals surface area contributed by atoms with Crippen LogP contribution in [-0.4, -0.2) is 36.5 Å². The second-order valence-electron chi connectivity index (χ2n) is 5.89. The lowest BCUT2D eigenvalue weighted by atomic mass is 10.1. The van der Waals surface area contributed by atoms with E-state index in [9.17, 15) is 14.4 Å². The fourth-order valence-corrected chi connectivity index (χ4v) is 1.81. The summed E-state index contributed by atoms with van der Waals surface area (Å²) in [4.78, 5) is 34.9. The molecule has 0 fully saturated rings. The minimum Gasteiger partial charge on any atom is -0.444 e. The third kappa shape index (κ3) is 8.21. The second kappa shape index (κ2) is 8.53. The van der Waals surface area contributed by atoms with Crippen molar-refractivity contribution in [2.24, 2.45) is 0 Å². The van der Waals surface area contributed by atoms with Gasteiger partial charge in [-0.3, -0.25) is 9.59 Å². The van der Waals surface area contributed by atoms with Crippen molar-refractivity contribution in [3.63, 3.8) is 0 Å². The van der Waals surface area contributed by atoms with Crippen molar-refractivity contribution in [2.45, 2.75) is 32.8 Å². The molecule has 23 heavy (non-hydrogen) atoms. The summed E-state index contributed by atoms with van der Waals surface area (Å²) < 4.78 is 5.04. The molecule has 0 aromatic heterocycles. The number of rotatable bonds is 6. The first-order valence-electron chi connectivity index (χ1n) is 7.20. The van der Waals surface area contributed by atoms with Crippen molar-refractivity contribution in [3.8, 4) is 0 Å². The average Bonchev–Trinajstić information content (AvgIpc) is 2.42. The number of carbonyl (C=O) groups excluding carboxylic acids is 3. The van der Waals surface area contributed by atoms with Crippen LogP contribution < -0.4 is 10.6 Å². The van der Waals surface area contributed by atoms with Crippen LogP contribution in [0, 0.1) is 0 Å². The molecule has 0 spiro atoms. The number of ether oxygens (including phenoxy) is 1. The van der Waals surface area contributed by atoms with Gasteiger partial charge in [-0.1, -0.05) is 23.7 Å². The highest BCUT2D eigenvalue weighted by atomic mass is 35.5. The predicted molar refractivity (Wildman–Crippen MR) is 87.6 cm³/mol.